The van der Waals surface area contributed by atoms with Crippen LogP contribution in [0.2, 0.25) is 0 Å². The molecule has 0 spiro atoms. The minimum Gasteiger partial charge on any atom is -0.491 e. The van der Waals surface area contributed by atoms with Gasteiger partial charge in [-0.3, -0.25) is 4.79 Å². The highest BCUT2D eigenvalue weighted by Gasteiger charge is 2.38. The van der Waals surface area contributed by atoms with Gasteiger partial charge in [0.15, 0.2) is 0 Å². The van der Waals surface area contributed by atoms with Gasteiger partial charge >= 0.3 is 0 Å². The molecular formula is C16H22N2O2. The summed E-state index contributed by atoms with van der Waals surface area (Å²) in [4.78, 5) is 14.5. The molecule has 0 aromatic heterocycles. The summed E-state index contributed by atoms with van der Waals surface area (Å²) in [6, 6.07) is 7.96. The second-order valence-electron chi connectivity index (χ2n) is 6.01. The van der Waals surface area contributed by atoms with Crippen LogP contribution in [0, 0.1) is 5.41 Å². The average molecular weight is 274 g/mol. The molecule has 1 heterocycles. The Morgan fingerprint density at radius 3 is 2.85 bits per heavy atom. The summed E-state index contributed by atoms with van der Waals surface area (Å²) in [6.45, 7) is 2.50. The van der Waals surface area contributed by atoms with Crippen LogP contribution in [0.1, 0.15) is 31.2 Å². The van der Waals surface area contributed by atoms with Crippen LogP contribution >= 0.6 is 0 Å². The van der Waals surface area contributed by atoms with Gasteiger partial charge in [0, 0.05) is 18.5 Å². The Morgan fingerprint density at radius 2 is 2.15 bits per heavy atom. The van der Waals surface area contributed by atoms with E-state index in [-0.39, 0.29) is 11.3 Å². The number of fused-ring (bicyclic) bond motifs is 1. The van der Waals surface area contributed by atoms with E-state index in [1.807, 2.05) is 29.2 Å². The summed E-state index contributed by atoms with van der Waals surface area (Å²) in [6.07, 6.45) is 3.98. The zero-order valence-corrected chi connectivity index (χ0v) is 11.8. The second-order valence-corrected chi connectivity index (χ2v) is 6.01. The molecule has 1 amide bonds. The van der Waals surface area contributed by atoms with Crippen molar-refractivity contribution in [3.63, 3.8) is 0 Å². The normalized spacial score (nSPS) is 20.4. The molecule has 20 heavy (non-hydrogen) atoms. The van der Waals surface area contributed by atoms with Crippen LogP contribution in [0.15, 0.2) is 24.3 Å². The number of carbonyl (C=O) groups is 1. The summed E-state index contributed by atoms with van der Waals surface area (Å²) in [5.74, 6) is 1.12. The summed E-state index contributed by atoms with van der Waals surface area (Å²) >= 11 is 0. The molecule has 3 rings (SSSR count). The first-order valence-electron chi connectivity index (χ1n) is 7.41. The lowest BCUT2D eigenvalue weighted by Gasteiger charge is -2.41. The number of rotatable bonds is 3. The van der Waals surface area contributed by atoms with Crippen molar-refractivity contribution in [3.05, 3.63) is 29.8 Å². The highest BCUT2D eigenvalue weighted by Crippen LogP contribution is 2.43. The zero-order chi connectivity index (χ0) is 14.0. The number of hydrogen-bond acceptors (Lipinski definition) is 3. The zero-order valence-electron chi connectivity index (χ0n) is 11.8. The SMILES string of the molecule is NCC1(CC(=O)N2CCOc3ccccc3C2)CCC1. The van der Waals surface area contributed by atoms with Crippen LogP contribution < -0.4 is 10.5 Å². The van der Waals surface area contributed by atoms with Gasteiger partial charge in [-0.25, -0.2) is 0 Å². The minimum absolute atomic E-state index is 0.0732. The van der Waals surface area contributed by atoms with Crippen molar-refractivity contribution >= 4 is 5.91 Å². The van der Waals surface area contributed by atoms with Gasteiger partial charge in [0.25, 0.3) is 0 Å². The third-order valence-electron chi connectivity index (χ3n) is 4.68. The maximum atomic E-state index is 12.5. The van der Waals surface area contributed by atoms with E-state index < -0.39 is 0 Å². The number of benzene rings is 1. The fraction of sp³-hybridized carbons (Fsp3) is 0.562. The van der Waals surface area contributed by atoms with Crippen molar-refractivity contribution < 1.29 is 9.53 Å². The number of nitrogens with zero attached hydrogens (tertiary/aromatic N) is 1. The quantitative estimate of drug-likeness (QED) is 0.916. The Balaban J connectivity index is 1.69. The Bertz CT molecular complexity index is 491. The van der Waals surface area contributed by atoms with Crippen LogP contribution in [0.25, 0.3) is 0 Å². The molecule has 108 valence electrons. The lowest BCUT2D eigenvalue weighted by molar-refractivity contribution is -0.135. The van der Waals surface area contributed by atoms with E-state index in [4.69, 9.17) is 10.5 Å². The fourth-order valence-electron chi connectivity index (χ4n) is 3.10. The number of hydrogen-bond donors (Lipinski definition) is 1. The molecule has 0 atom stereocenters. The van der Waals surface area contributed by atoms with Crippen molar-refractivity contribution in [3.8, 4) is 5.75 Å². The molecule has 1 aromatic carbocycles. The lowest BCUT2D eigenvalue weighted by Crippen LogP contribution is -2.43. The lowest BCUT2D eigenvalue weighted by atomic mass is 9.66. The van der Waals surface area contributed by atoms with E-state index in [9.17, 15) is 4.79 Å². The monoisotopic (exact) mass is 274 g/mol. The Hall–Kier alpha value is -1.55. The van der Waals surface area contributed by atoms with Crippen molar-refractivity contribution in [1.29, 1.82) is 0 Å². The molecule has 4 heteroatoms. The molecule has 2 aliphatic rings. The minimum atomic E-state index is 0.0732. The Labute approximate surface area is 119 Å². The summed E-state index contributed by atoms with van der Waals surface area (Å²) in [5.41, 5.74) is 7.02. The van der Waals surface area contributed by atoms with Crippen molar-refractivity contribution in [1.82, 2.24) is 4.90 Å². The van der Waals surface area contributed by atoms with E-state index >= 15 is 0 Å². The van der Waals surface area contributed by atoms with E-state index in [1.54, 1.807) is 0 Å². The molecule has 0 radical (unpaired) electrons. The highest BCUT2D eigenvalue weighted by molar-refractivity contribution is 5.77. The molecule has 1 aliphatic heterocycles. The summed E-state index contributed by atoms with van der Waals surface area (Å²) in [5, 5.41) is 0. The Kier molecular flexibility index (Phi) is 3.66. The van der Waals surface area contributed by atoms with Gasteiger partial charge < -0.3 is 15.4 Å². The summed E-state index contributed by atoms with van der Waals surface area (Å²) in [7, 11) is 0. The molecule has 0 saturated heterocycles. The molecule has 1 fully saturated rings. The number of amides is 1. The standard InChI is InChI=1S/C16H22N2O2/c17-12-16(6-3-7-16)10-15(19)18-8-9-20-14-5-2-1-4-13(14)11-18/h1-2,4-5H,3,6-12,17H2. The van der Waals surface area contributed by atoms with Crippen molar-refractivity contribution in [2.24, 2.45) is 11.1 Å². The highest BCUT2D eigenvalue weighted by atomic mass is 16.5. The predicted molar refractivity (Wildman–Crippen MR) is 77.3 cm³/mol. The van der Waals surface area contributed by atoms with Crippen LogP contribution in [-0.2, 0) is 11.3 Å². The van der Waals surface area contributed by atoms with Gasteiger partial charge in [-0.15, -0.1) is 0 Å². The molecule has 1 saturated carbocycles. The summed E-state index contributed by atoms with van der Waals surface area (Å²) < 4.78 is 5.71. The first kappa shape index (κ1) is 13.4. The number of para-hydroxylation sites is 1. The maximum Gasteiger partial charge on any atom is 0.223 e. The molecular weight excluding hydrogens is 252 g/mol. The average Bonchev–Trinajstić information content (AvgIpc) is 2.65. The van der Waals surface area contributed by atoms with Crippen LogP contribution in [-0.4, -0.2) is 30.5 Å². The topological polar surface area (TPSA) is 55.6 Å². The van der Waals surface area contributed by atoms with E-state index in [0.717, 1.165) is 24.2 Å². The molecule has 0 bridgehead atoms. The third kappa shape index (κ3) is 2.52. The Morgan fingerprint density at radius 1 is 1.35 bits per heavy atom. The molecule has 1 aromatic rings. The van der Waals surface area contributed by atoms with E-state index in [0.29, 0.717) is 32.7 Å². The smallest absolute Gasteiger partial charge is 0.223 e. The third-order valence-corrected chi connectivity index (χ3v) is 4.68. The van der Waals surface area contributed by atoms with Crippen molar-refractivity contribution in [2.45, 2.75) is 32.2 Å². The molecule has 1 aliphatic carbocycles. The van der Waals surface area contributed by atoms with Gasteiger partial charge in [-0.2, -0.15) is 0 Å². The van der Waals surface area contributed by atoms with Crippen molar-refractivity contribution in [2.75, 3.05) is 19.7 Å². The predicted octanol–water partition coefficient (Wildman–Crippen LogP) is 1.93. The second kappa shape index (κ2) is 5.44. The number of nitrogens with two attached hydrogens (primary N) is 1. The fourth-order valence-corrected chi connectivity index (χ4v) is 3.10. The van der Waals surface area contributed by atoms with Gasteiger partial charge in [0.05, 0.1) is 6.54 Å². The first-order valence-corrected chi connectivity index (χ1v) is 7.41. The molecule has 2 N–H and O–H groups in total. The molecule has 4 nitrogen and oxygen atoms in total. The largest absolute Gasteiger partial charge is 0.491 e. The van der Waals surface area contributed by atoms with Gasteiger partial charge in [-0.1, -0.05) is 24.6 Å². The molecule has 0 unspecified atom stereocenters. The first-order chi connectivity index (χ1) is 9.72. The van der Waals surface area contributed by atoms with Crippen LogP contribution in [0.4, 0.5) is 0 Å². The van der Waals surface area contributed by atoms with E-state index in [1.165, 1.54) is 6.42 Å². The van der Waals surface area contributed by atoms with E-state index in [2.05, 4.69) is 0 Å². The number of ether oxygens (including phenoxy) is 1. The van der Waals surface area contributed by atoms with Gasteiger partial charge in [-0.05, 0) is 30.9 Å². The number of carbonyl (C=O) groups excluding carboxylic acids is 1. The van der Waals surface area contributed by atoms with Gasteiger partial charge in [0.1, 0.15) is 12.4 Å². The van der Waals surface area contributed by atoms with Crippen LogP contribution in [0.3, 0.4) is 0 Å². The van der Waals surface area contributed by atoms with Crippen LogP contribution in [0.5, 0.6) is 5.75 Å². The van der Waals surface area contributed by atoms with Gasteiger partial charge in [0.2, 0.25) is 5.91 Å². The maximum absolute atomic E-state index is 12.5.